The molecule has 7 atom stereocenters. The van der Waals surface area contributed by atoms with Crippen molar-refractivity contribution < 1.29 is 59.5 Å². The van der Waals surface area contributed by atoms with Crippen LogP contribution in [0.25, 0.3) is 0 Å². The maximum atomic E-state index is 13.1. The zero-order valence-electron chi connectivity index (χ0n) is 38.4. The van der Waals surface area contributed by atoms with E-state index in [1.165, 1.54) is 142 Å². The predicted octanol–water partition coefficient (Wildman–Crippen LogP) is 7.82. The van der Waals surface area contributed by atoms with Crippen molar-refractivity contribution in [2.45, 2.75) is 263 Å². The van der Waals surface area contributed by atoms with Crippen LogP contribution in [0.2, 0.25) is 0 Å². The summed E-state index contributed by atoms with van der Waals surface area (Å²) in [5.74, 6) is -0.251. The van der Waals surface area contributed by atoms with E-state index in [4.69, 9.17) is 18.9 Å². The summed E-state index contributed by atoms with van der Waals surface area (Å²) in [4.78, 5) is 13.1. The molecule has 0 heterocycles. The fourth-order valence-corrected chi connectivity index (χ4v) is 7.07. The Bertz CT molecular complexity index is 957. The lowest BCUT2D eigenvalue weighted by Gasteiger charge is -2.32. The summed E-state index contributed by atoms with van der Waals surface area (Å²) < 4.78 is 22.1. The molecule has 0 bridgehead atoms. The smallest absolute Gasteiger partial charge is 0.220 e. The molecule has 0 spiro atoms. The number of ether oxygens (including phenoxy) is 4. The fourth-order valence-electron chi connectivity index (χ4n) is 7.07. The van der Waals surface area contributed by atoms with Crippen molar-refractivity contribution in [2.24, 2.45) is 0 Å². The number of amides is 1. The lowest BCUT2D eigenvalue weighted by atomic mass is 10.0. The molecule has 0 fully saturated rings. The molecule has 4 unspecified atom stereocenters. The van der Waals surface area contributed by atoms with Crippen LogP contribution in [-0.4, -0.2) is 117 Å². The number of aliphatic hydroxyl groups is 7. The largest absolute Gasteiger partial charge is 0.394 e. The Hall–Kier alpha value is -1.23. The summed E-state index contributed by atoms with van der Waals surface area (Å²) in [5, 5.41) is 72.9. The van der Waals surface area contributed by atoms with Gasteiger partial charge >= 0.3 is 0 Å². The second-order valence-corrected chi connectivity index (χ2v) is 16.8. The normalized spacial score (nSPS) is 15.8. The van der Waals surface area contributed by atoms with E-state index in [0.717, 1.165) is 38.5 Å². The summed E-state index contributed by atoms with van der Waals surface area (Å²) in [7, 11) is 0. The van der Waals surface area contributed by atoms with Gasteiger partial charge in [-0.2, -0.15) is 0 Å². The standard InChI is InChI=1S/C47H93NO12/c1-5-7-9-11-13-15-17-19-20-22-24-26-28-30-32-34-43(52)48-40(41(51)33-31-29-27-25-23-21-18-16-14-12-10-8-6-2)37-57-46(44(53)54)60-42(36-50)39(4)59-47(45(55)56)58-38(3)35-49/h31,33,38-42,44-47,49-51,53-56H,5-30,32,34-37H2,1-4H3,(H,48,52)/b33-31+/t38?,39-,40+,41-,42?,46?,47?/m0/s1. The molecule has 0 rings (SSSR count). The van der Waals surface area contributed by atoms with Crippen molar-refractivity contribution in [2.75, 3.05) is 19.8 Å². The van der Waals surface area contributed by atoms with E-state index in [2.05, 4.69) is 19.2 Å². The van der Waals surface area contributed by atoms with Crippen LogP contribution in [0, 0.1) is 0 Å². The molecule has 0 saturated carbocycles. The van der Waals surface area contributed by atoms with Crippen LogP contribution in [0.3, 0.4) is 0 Å². The second-order valence-electron chi connectivity index (χ2n) is 16.8. The third-order valence-electron chi connectivity index (χ3n) is 11.0. The molecule has 0 aromatic carbocycles. The highest BCUT2D eigenvalue weighted by atomic mass is 16.7. The SMILES string of the molecule is CCCCCCCCCCCCC/C=C/[C@H](O)[C@@H](COC(OC(CO)[C@H](C)OC(OC(C)CO)C(O)O)C(O)O)NC(=O)CCCCCCCCCCCCCCCCC. The van der Waals surface area contributed by atoms with Crippen LogP contribution in [0.1, 0.15) is 207 Å². The Balaban J connectivity index is 5.09. The van der Waals surface area contributed by atoms with E-state index in [9.17, 15) is 40.5 Å². The van der Waals surface area contributed by atoms with E-state index < -0.39 is 68.8 Å². The molecule has 358 valence electrons. The van der Waals surface area contributed by atoms with Crippen molar-refractivity contribution in [1.29, 1.82) is 0 Å². The number of allylic oxidation sites excluding steroid dienone is 1. The van der Waals surface area contributed by atoms with Crippen LogP contribution < -0.4 is 5.32 Å². The van der Waals surface area contributed by atoms with Gasteiger partial charge in [0.2, 0.25) is 31.1 Å². The Kier molecular flexibility index (Phi) is 40.9. The van der Waals surface area contributed by atoms with Crippen LogP contribution >= 0.6 is 0 Å². The van der Waals surface area contributed by atoms with Crippen LogP contribution in [-0.2, 0) is 23.7 Å². The Morgan fingerprint density at radius 2 is 0.983 bits per heavy atom. The van der Waals surface area contributed by atoms with Gasteiger partial charge in [0.15, 0.2) is 0 Å². The van der Waals surface area contributed by atoms with Crippen LogP contribution in [0.15, 0.2) is 12.2 Å². The summed E-state index contributed by atoms with van der Waals surface area (Å²) in [6.07, 6.45) is 24.7. The number of hydrogen-bond acceptors (Lipinski definition) is 12. The summed E-state index contributed by atoms with van der Waals surface area (Å²) in [5.41, 5.74) is 0. The highest BCUT2D eigenvalue weighted by Gasteiger charge is 2.32. The third kappa shape index (κ3) is 34.3. The van der Waals surface area contributed by atoms with Gasteiger partial charge in [-0.25, -0.2) is 0 Å². The van der Waals surface area contributed by atoms with Gasteiger partial charge in [0.25, 0.3) is 0 Å². The molecule has 0 aliphatic carbocycles. The molecule has 0 aliphatic rings. The number of aliphatic hydroxyl groups excluding tert-OH is 5. The molecule has 0 saturated heterocycles. The molecule has 8 N–H and O–H groups in total. The predicted molar refractivity (Wildman–Crippen MR) is 238 cm³/mol. The van der Waals surface area contributed by atoms with Crippen molar-refractivity contribution >= 4 is 5.91 Å². The van der Waals surface area contributed by atoms with Gasteiger partial charge in [-0.1, -0.05) is 180 Å². The van der Waals surface area contributed by atoms with E-state index in [1.54, 1.807) is 6.08 Å². The van der Waals surface area contributed by atoms with Crippen molar-refractivity contribution in [3.63, 3.8) is 0 Å². The van der Waals surface area contributed by atoms with E-state index in [1.807, 2.05) is 6.08 Å². The molecule has 0 aromatic rings. The van der Waals surface area contributed by atoms with E-state index >= 15 is 0 Å². The quantitative estimate of drug-likeness (QED) is 0.0168. The molecule has 0 radical (unpaired) electrons. The number of rotatable bonds is 45. The zero-order chi connectivity index (χ0) is 44.6. The molecule has 0 aromatic heterocycles. The third-order valence-corrected chi connectivity index (χ3v) is 11.0. The molecular formula is C47H93NO12. The molecule has 60 heavy (non-hydrogen) atoms. The first-order valence-electron chi connectivity index (χ1n) is 24.2. The molecule has 0 aliphatic heterocycles. The topological polar surface area (TPSA) is 208 Å². The van der Waals surface area contributed by atoms with Gasteiger partial charge in [-0.05, 0) is 33.1 Å². The monoisotopic (exact) mass is 864 g/mol. The summed E-state index contributed by atoms with van der Waals surface area (Å²) in [6, 6.07) is -0.934. The molecule has 13 nitrogen and oxygen atoms in total. The number of carbonyl (C=O) groups is 1. The lowest BCUT2D eigenvalue weighted by molar-refractivity contribution is -0.316. The first-order chi connectivity index (χ1) is 29.0. The van der Waals surface area contributed by atoms with Crippen LogP contribution in [0.4, 0.5) is 0 Å². The highest BCUT2D eigenvalue weighted by molar-refractivity contribution is 5.76. The van der Waals surface area contributed by atoms with Crippen LogP contribution in [0.5, 0.6) is 0 Å². The number of carbonyl (C=O) groups excluding carboxylic acids is 1. The van der Waals surface area contributed by atoms with Crippen molar-refractivity contribution in [3.05, 3.63) is 12.2 Å². The van der Waals surface area contributed by atoms with E-state index in [-0.39, 0.29) is 18.9 Å². The van der Waals surface area contributed by atoms with Gasteiger partial charge in [-0.3, -0.25) is 4.79 Å². The van der Waals surface area contributed by atoms with E-state index in [0.29, 0.717) is 6.42 Å². The first kappa shape index (κ1) is 58.8. The minimum Gasteiger partial charge on any atom is -0.394 e. The zero-order valence-corrected chi connectivity index (χ0v) is 38.4. The van der Waals surface area contributed by atoms with Gasteiger partial charge < -0.3 is 60.0 Å². The summed E-state index contributed by atoms with van der Waals surface area (Å²) in [6.45, 7) is 5.98. The molecule has 13 heteroatoms. The van der Waals surface area contributed by atoms with Gasteiger partial charge in [0.05, 0.1) is 44.2 Å². The highest BCUT2D eigenvalue weighted by Crippen LogP contribution is 2.18. The minimum absolute atomic E-state index is 0.251. The fraction of sp³-hybridized carbons (Fsp3) is 0.936. The van der Waals surface area contributed by atoms with Crippen molar-refractivity contribution in [1.82, 2.24) is 5.32 Å². The maximum Gasteiger partial charge on any atom is 0.220 e. The molecular weight excluding hydrogens is 771 g/mol. The van der Waals surface area contributed by atoms with Crippen molar-refractivity contribution in [3.8, 4) is 0 Å². The number of nitrogens with one attached hydrogen (secondary N) is 1. The van der Waals surface area contributed by atoms with Gasteiger partial charge in [0.1, 0.15) is 6.10 Å². The first-order valence-corrected chi connectivity index (χ1v) is 24.2. The van der Waals surface area contributed by atoms with Gasteiger partial charge in [-0.15, -0.1) is 0 Å². The summed E-state index contributed by atoms with van der Waals surface area (Å²) >= 11 is 0. The second kappa shape index (κ2) is 41.8. The van der Waals surface area contributed by atoms with Gasteiger partial charge in [0, 0.05) is 6.42 Å². The maximum absolute atomic E-state index is 13.1. The molecule has 1 amide bonds. The number of hydrogen-bond donors (Lipinski definition) is 8. The Morgan fingerprint density at radius 1 is 0.550 bits per heavy atom. The lowest BCUT2D eigenvalue weighted by Crippen LogP contribution is -2.49. The Morgan fingerprint density at radius 3 is 1.40 bits per heavy atom. The Labute approximate surface area is 365 Å². The average molecular weight is 864 g/mol. The average Bonchev–Trinajstić information content (AvgIpc) is 3.22. The minimum atomic E-state index is -2.18. The number of unbranched alkanes of at least 4 members (excludes halogenated alkanes) is 25.